The topological polar surface area (TPSA) is 72.2 Å². The quantitative estimate of drug-likeness (QED) is 0.902. The highest BCUT2D eigenvalue weighted by Crippen LogP contribution is 2.33. The summed E-state index contributed by atoms with van der Waals surface area (Å²) in [5.41, 5.74) is 0.320. The summed E-state index contributed by atoms with van der Waals surface area (Å²) in [7, 11) is -3.40. The van der Waals surface area contributed by atoms with E-state index in [4.69, 9.17) is 0 Å². The standard InChI is InChI=1S/C18H24N2O3S/c1-15-7-10-18(21,11-8-15)14-24(22,23)13-16-9-12-20(19-16)17-5-3-2-4-6-17/h2-6,9,12,15,21H,7-8,10-11,13-14H2,1H3. The van der Waals surface area contributed by atoms with Gasteiger partial charge in [0.1, 0.15) is 0 Å². The fraction of sp³-hybridized carbons (Fsp3) is 0.500. The minimum atomic E-state index is -3.40. The minimum Gasteiger partial charge on any atom is -0.389 e. The third kappa shape index (κ3) is 4.24. The van der Waals surface area contributed by atoms with Crippen molar-refractivity contribution in [2.24, 2.45) is 5.92 Å². The minimum absolute atomic E-state index is 0.134. The maximum atomic E-state index is 12.5. The maximum Gasteiger partial charge on any atom is 0.158 e. The first-order valence-electron chi connectivity index (χ1n) is 8.38. The lowest BCUT2D eigenvalue weighted by Gasteiger charge is -2.34. The molecule has 0 radical (unpaired) electrons. The Morgan fingerprint density at radius 3 is 2.54 bits per heavy atom. The van der Waals surface area contributed by atoms with E-state index in [0.29, 0.717) is 24.5 Å². The van der Waals surface area contributed by atoms with Gasteiger partial charge in [-0.2, -0.15) is 5.10 Å². The van der Waals surface area contributed by atoms with Gasteiger partial charge in [-0.1, -0.05) is 25.1 Å². The number of para-hydroxylation sites is 1. The molecule has 3 rings (SSSR count). The Labute approximate surface area is 143 Å². The van der Waals surface area contributed by atoms with Crippen molar-refractivity contribution in [1.29, 1.82) is 0 Å². The van der Waals surface area contributed by atoms with Crippen LogP contribution in [0.5, 0.6) is 0 Å². The van der Waals surface area contributed by atoms with Crippen LogP contribution in [0, 0.1) is 5.92 Å². The van der Waals surface area contributed by atoms with E-state index in [1.807, 2.05) is 30.3 Å². The lowest BCUT2D eigenvalue weighted by Crippen LogP contribution is -2.40. The second-order valence-electron chi connectivity index (χ2n) is 7.03. The van der Waals surface area contributed by atoms with E-state index in [0.717, 1.165) is 18.5 Å². The summed E-state index contributed by atoms with van der Waals surface area (Å²) in [6, 6.07) is 11.3. The van der Waals surface area contributed by atoms with Crippen LogP contribution in [0.1, 0.15) is 38.3 Å². The van der Waals surface area contributed by atoms with Gasteiger partial charge in [0.25, 0.3) is 0 Å². The highest BCUT2D eigenvalue weighted by atomic mass is 32.2. The van der Waals surface area contributed by atoms with E-state index >= 15 is 0 Å². The molecule has 0 unspecified atom stereocenters. The first-order valence-corrected chi connectivity index (χ1v) is 10.2. The molecule has 24 heavy (non-hydrogen) atoms. The highest BCUT2D eigenvalue weighted by molar-refractivity contribution is 7.90. The van der Waals surface area contributed by atoms with E-state index in [2.05, 4.69) is 12.0 Å². The van der Waals surface area contributed by atoms with Crippen molar-refractivity contribution in [3.05, 3.63) is 48.3 Å². The Hall–Kier alpha value is -1.66. The van der Waals surface area contributed by atoms with Gasteiger partial charge in [-0.05, 0) is 49.8 Å². The predicted molar refractivity (Wildman–Crippen MR) is 93.6 cm³/mol. The fourth-order valence-electron chi connectivity index (χ4n) is 3.29. The van der Waals surface area contributed by atoms with Crippen molar-refractivity contribution in [2.45, 2.75) is 44.0 Å². The molecule has 1 heterocycles. The van der Waals surface area contributed by atoms with Gasteiger partial charge >= 0.3 is 0 Å². The third-order valence-corrected chi connectivity index (χ3v) is 6.44. The molecule has 2 aromatic rings. The smallest absolute Gasteiger partial charge is 0.158 e. The van der Waals surface area contributed by atoms with Gasteiger partial charge in [-0.15, -0.1) is 0 Å². The van der Waals surface area contributed by atoms with Crippen molar-refractivity contribution < 1.29 is 13.5 Å². The lowest BCUT2D eigenvalue weighted by atomic mass is 9.81. The summed E-state index contributed by atoms with van der Waals surface area (Å²) >= 11 is 0. The van der Waals surface area contributed by atoms with Crippen LogP contribution >= 0.6 is 0 Å². The monoisotopic (exact) mass is 348 g/mol. The van der Waals surface area contributed by atoms with Crippen molar-refractivity contribution >= 4 is 9.84 Å². The summed E-state index contributed by atoms with van der Waals surface area (Å²) in [5.74, 6) is 0.254. The van der Waals surface area contributed by atoms with Gasteiger partial charge in [0.2, 0.25) is 0 Å². The fourth-order valence-corrected chi connectivity index (χ4v) is 5.11. The Morgan fingerprint density at radius 2 is 1.88 bits per heavy atom. The molecule has 1 saturated carbocycles. The highest BCUT2D eigenvalue weighted by Gasteiger charge is 2.36. The summed E-state index contributed by atoms with van der Waals surface area (Å²) in [6.45, 7) is 2.14. The number of rotatable bonds is 5. The third-order valence-electron chi connectivity index (χ3n) is 4.73. The molecule has 130 valence electrons. The second-order valence-corrected chi connectivity index (χ2v) is 9.09. The van der Waals surface area contributed by atoms with Crippen molar-refractivity contribution in [3.63, 3.8) is 0 Å². The van der Waals surface area contributed by atoms with Crippen molar-refractivity contribution in [3.8, 4) is 5.69 Å². The number of nitrogens with zero attached hydrogens (tertiary/aromatic N) is 2. The molecule has 6 heteroatoms. The van der Waals surface area contributed by atoms with E-state index in [-0.39, 0.29) is 11.5 Å². The zero-order valence-corrected chi connectivity index (χ0v) is 14.7. The maximum absolute atomic E-state index is 12.5. The first-order chi connectivity index (χ1) is 11.4. The molecule has 0 amide bonds. The van der Waals surface area contributed by atoms with Crippen LogP contribution in [0.3, 0.4) is 0 Å². The summed E-state index contributed by atoms with van der Waals surface area (Å²) < 4.78 is 26.7. The van der Waals surface area contributed by atoms with E-state index < -0.39 is 15.4 Å². The largest absolute Gasteiger partial charge is 0.389 e. The molecular formula is C18H24N2O3S. The van der Waals surface area contributed by atoms with Gasteiger partial charge in [0.15, 0.2) is 9.84 Å². The zero-order chi connectivity index (χ0) is 17.2. The van der Waals surface area contributed by atoms with Gasteiger partial charge in [-0.25, -0.2) is 13.1 Å². The number of aromatic nitrogens is 2. The molecule has 1 aromatic carbocycles. The van der Waals surface area contributed by atoms with Crippen LogP contribution in [0.4, 0.5) is 0 Å². The van der Waals surface area contributed by atoms with Crippen LogP contribution in [-0.2, 0) is 15.6 Å². The average molecular weight is 348 g/mol. The molecule has 0 saturated heterocycles. The Morgan fingerprint density at radius 1 is 1.21 bits per heavy atom. The molecule has 0 aliphatic heterocycles. The molecule has 0 bridgehead atoms. The molecule has 0 atom stereocenters. The Balaban J connectivity index is 1.68. The van der Waals surface area contributed by atoms with Crippen LogP contribution in [0.2, 0.25) is 0 Å². The lowest BCUT2D eigenvalue weighted by molar-refractivity contribution is 0.0135. The first kappa shape index (κ1) is 17.2. The van der Waals surface area contributed by atoms with Gasteiger partial charge in [0, 0.05) is 6.20 Å². The molecular weight excluding hydrogens is 324 g/mol. The predicted octanol–water partition coefficient (Wildman–Crippen LogP) is 2.73. The second kappa shape index (κ2) is 6.69. The molecule has 1 N–H and O–H groups in total. The number of aliphatic hydroxyl groups is 1. The van der Waals surface area contributed by atoms with Crippen molar-refractivity contribution in [2.75, 3.05) is 5.75 Å². The van der Waals surface area contributed by atoms with Gasteiger partial charge in [0.05, 0.1) is 28.5 Å². The van der Waals surface area contributed by atoms with Crippen LogP contribution in [0.25, 0.3) is 5.69 Å². The van der Waals surface area contributed by atoms with Crippen LogP contribution < -0.4 is 0 Å². The van der Waals surface area contributed by atoms with Gasteiger partial charge < -0.3 is 5.11 Å². The van der Waals surface area contributed by atoms with E-state index in [1.54, 1.807) is 16.9 Å². The Bertz CT molecular complexity index is 776. The van der Waals surface area contributed by atoms with Gasteiger partial charge in [-0.3, -0.25) is 0 Å². The summed E-state index contributed by atoms with van der Waals surface area (Å²) in [5, 5.41) is 14.9. The molecule has 1 aromatic heterocycles. The van der Waals surface area contributed by atoms with E-state index in [1.165, 1.54) is 0 Å². The number of hydrogen-bond donors (Lipinski definition) is 1. The SMILES string of the molecule is CC1CCC(O)(CS(=O)(=O)Cc2ccn(-c3ccccc3)n2)CC1. The summed E-state index contributed by atoms with van der Waals surface area (Å²) in [6.07, 6.45) is 4.65. The Kier molecular flexibility index (Phi) is 4.78. The number of sulfone groups is 1. The molecule has 5 nitrogen and oxygen atoms in total. The average Bonchev–Trinajstić information content (AvgIpc) is 2.98. The van der Waals surface area contributed by atoms with Crippen LogP contribution in [0.15, 0.2) is 42.6 Å². The van der Waals surface area contributed by atoms with Crippen molar-refractivity contribution in [1.82, 2.24) is 9.78 Å². The molecule has 1 fully saturated rings. The number of hydrogen-bond acceptors (Lipinski definition) is 4. The molecule has 1 aliphatic carbocycles. The molecule has 1 aliphatic rings. The molecule has 0 spiro atoms. The normalized spacial score (nSPS) is 24.8. The van der Waals surface area contributed by atoms with Crippen LogP contribution in [-0.4, -0.2) is 34.7 Å². The summed E-state index contributed by atoms with van der Waals surface area (Å²) in [4.78, 5) is 0. The van der Waals surface area contributed by atoms with E-state index in [9.17, 15) is 13.5 Å². The zero-order valence-electron chi connectivity index (χ0n) is 13.9. The number of benzene rings is 1.